The molecule has 16 nitrogen and oxygen atoms in total. The van der Waals surface area contributed by atoms with E-state index in [-0.39, 0.29) is 41.2 Å². The molecule has 2 aliphatic heterocycles. The molecule has 427 valence electrons. The van der Waals surface area contributed by atoms with Gasteiger partial charge < -0.3 is 47.9 Å². The van der Waals surface area contributed by atoms with Crippen molar-refractivity contribution in [2.75, 3.05) is 54.9 Å². The van der Waals surface area contributed by atoms with Gasteiger partial charge in [0.1, 0.15) is 24.4 Å². The molecule has 79 heavy (non-hydrogen) atoms. The number of hydrogen-bond acceptors (Lipinski definition) is 14. The molecule has 6 rings (SSSR count). The number of esters is 4. The quantitative estimate of drug-likeness (QED) is 0.0475. The maximum Gasteiger partial charge on any atom is 2.00 e. The third-order valence-electron chi connectivity index (χ3n) is 13.7. The van der Waals surface area contributed by atoms with Crippen LogP contribution in [0.5, 0.6) is 0 Å². The van der Waals surface area contributed by atoms with Gasteiger partial charge in [-0.3, -0.25) is 9.98 Å². The molecule has 1 radical (unpaired) electrons. The molecule has 2 aromatic carbocycles. The van der Waals surface area contributed by atoms with Crippen molar-refractivity contribution >= 4 is 46.4 Å². The van der Waals surface area contributed by atoms with Gasteiger partial charge in [0.05, 0.1) is 60.4 Å². The Morgan fingerprint density at radius 2 is 0.722 bits per heavy atom. The molecule has 0 fully saturated rings. The van der Waals surface area contributed by atoms with Crippen LogP contribution in [0.2, 0.25) is 0 Å². The van der Waals surface area contributed by atoms with E-state index in [2.05, 4.69) is 0 Å². The Morgan fingerprint density at radius 1 is 0.443 bits per heavy atom. The molecule has 0 amide bonds. The zero-order chi connectivity index (χ0) is 57.4. The number of aromatic nitrogens is 2. The van der Waals surface area contributed by atoms with E-state index in [1.165, 1.54) is 0 Å². The molecular formula is C62H78CoN4O12. The number of hydrogen-bond donors (Lipinski definition) is 0. The molecule has 0 saturated heterocycles. The fourth-order valence-electron chi connectivity index (χ4n) is 9.47. The van der Waals surface area contributed by atoms with Crippen molar-refractivity contribution in [1.29, 1.82) is 0 Å². The normalized spacial score (nSPS) is 15.9. The van der Waals surface area contributed by atoms with E-state index in [9.17, 15) is 19.2 Å². The Morgan fingerprint density at radius 3 is 0.987 bits per heavy atom. The molecule has 4 atom stereocenters. The van der Waals surface area contributed by atoms with E-state index in [0.29, 0.717) is 142 Å². The van der Waals surface area contributed by atoms with Crippen molar-refractivity contribution < 1.29 is 73.9 Å². The molecule has 17 heteroatoms. The molecule has 4 unspecified atom stereocenters. The summed E-state index contributed by atoms with van der Waals surface area (Å²) in [7, 11) is 6.32. The molecular weight excluding hydrogens is 1050 g/mol. The average Bonchev–Trinajstić information content (AvgIpc) is 4.10. The minimum atomic E-state index is -0.434. The second-order valence-electron chi connectivity index (χ2n) is 19.2. The van der Waals surface area contributed by atoms with Crippen molar-refractivity contribution in [3.05, 3.63) is 151 Å². The van der Waals surface area contributed by atoms with Gasteiger partial charge in [-0.2, -0.15) is 0 Å². The molecule has 0 N–H and O–H groups in total. The van der Waals surface area contributed by atoms with E-state index in [4.69, 9.17) is 57.8 Å². The number of carbonyl (C=O) groups is 4. The van der Waals surface area contributed by atoms with Gasteiger partial charge in [-0.1, -0.05) is 113 Å². The summed E-state index contributed by atoms with van der Waals surface area (Å²) in [5, 5.41) is 0. The van der Waals surface area contributed by atoms with E-state index >= 15 is 0 Å². The first kappa shape index (κ1) is 65.0. The molecule has 4 aromatic rings. The van der Waals surface area contributed by atoms with Crippen LogP contribution < -0.4 is 9.97 Å². The van der Waals surface area contributed by atoms with Crippen LogP contribution in [-0.2, 0) is 64.3 Å². The minimum absolute atomic E-state index is 0. The zero-order valence-corrected chi connectivity index (χ0v) is 49.8. The van der Waals surface area contributed by atoms with Crippen molar-refractivity contribution in [3.63, 3.8) is 0 Å². The first-order valence-electron chi connectivity index (χ1n) is 26.6. The van der Waals surface area contributed by atoms with Gasteiger partial charge in [0.2, 0.25) is 0 Å². The SMILES string of the molecule is CCC(COC)OC(=O)C1=C(C)/C(=C(\c2ccccc2)c2[n-]c(C)c(C(=O)OC(CC)COC)c2C)N=C1C.CCC(COC)OC(=O)C1=C(C)/C(=C(\c2ccccc2)c2[n-]c(C)c(C(=O)OC(CC)COC)c2C)N=C1C.[Co+2]. The maximum atomic E-state index is 13.2. The third kappa shape index (κ3) is 15.5. The summed E-state index contributed by atoms with van der Waals surface area (Å²) >= 11 is 0. The predicted octanol–water partition coefficient (Wildman–Crippen LogP) is 10.7. The summed E-state index contributed by atoms with van der Waals surface area (Å²) in [5.41, 5.74) is 12.5. The minimum Gasteiger partial charge on any atom is -0.660 e. The Balaban J connectivity index is 0.000000336. The average molecular weight is 1130 g/mol. The van der Waals surface area contributed by atoms with Crippen LogP contribution in [0.1, 0.15) is 147 Å². The second kappa shape index (κ2) is 30.8. The summed E-state index contributed by atoms with van der Waals surface area (Å²) in [6.07, 6.45) is 1.15. The Kier molecular flexibility index (Phi) is 25.3. The summed E-state index contributed by atoms with van der Waals surface area (Å²) in [4.78, 5) is 72.2. The fourth-order valence-corrected chi connectivity index (χ4v) is 9.47. The van der Waals surface area contributed by atoms with Crippen LogP contribution in [0.3, 0.4) is 0 Å². The van der Waals surface area contributed by atoms with Crippen LogP contribution in [0.25, 0.3) is 11.1 Å². The molecule has 2 aliphatic rings. The van der Waals surface area contributed by atoms with E-state index < -0.39 is 23.9 Å². The van der Waals surface area contributed by atoms with Crippen molar-refractivity contribution in [2.24, 2.45) is 9.98 Å². The topological polar surface area (TPSA) is 195 Å². The third-order valence-corrected chi connectivity index (χ3v) is 13.7. The predicted molar refractivity (Wildman–Crippen MR) is 302 cm³/mol. The van der Waals surface area contributed by atoms with Crippen LogP contribution in [-0.4, -0.2) is 115 Å². The van der Waals surface area contributed by atoms with Gasteiger partial charge >= 0.3 is 40.7 Å². The summed E-state index contributed by atoms with van der Waals surface area (Å²) in [6, 6.07) is 19.5. The summed E-state index contributed by atoms with van der Waals surface area (Å²) in [6.45, 7) is 23.7. The fraction of sp³-hybridized carbons (Fsp3) is 0.452. The van der Waals surface area contributed by atoms with Crippen LogP contribution in [0.15, 0.2) is 104 Å². The molecule has 0 bridgehead atoms. The first-order valence-corrected chi connectivity index (χ1v) is 26.6. The smallest absolute Gasteiger partial charge is 0.660 e. The Hall–Kier alpha value is -6.47. The second-order valence-corrected chi connectivity index (χ2v) is 19.2. The Labute approximate surface area is 476 Å². The molecule has 4 heterocycles. The van der Waals surface area contributed by atoms with Crippen molar-refractivity contribution in [3.8, 4) is 0 Å². The number of methoxy groups -OCH3 is 4. The standard InChI is InChI=1S/2C31H40N2O6.Co/c2*1-9-23(16-36-7)38-30(34)25-18(3)28(32-20(25)5)27(22-14-12-11-13-15-22)29-19(4)26(21(6)33-29)31(35)39-24(10-2)17-37-8;/h2*11-15,23-24H,9-10,16-17H2,1-8H3,(H,32,33,34,35);/q;;+2/p-2. The van der Waals surface area contributed by atoms with Gasteiger partial charge in [0, 0.05) is 39.6 Å². The van der Waals surface area contributed by atoms with Crippen LogP contribution in [0, 0.1) is 27.7 Å². The summed E-state index contributed by atoms with van der Waals surface area (Å²) < 4.78 is 43.7. The number of rotatable bonds is 24. The van der Waals surface area contributed by atoms with Crippen LogP contribution >= 0.6 is 0 Å². The van der Waals surface area contributed by atoms with E-state index in [1.54, 1.807) is 56.1 Å². The molecule has 2 aromatic heterocycles. The molecule has 0 saturated carbocycles. The Bertz CT molecular complexity index is 2780. The monoisotopic (exact) mass is 1130 g/mol. The van der Waals surface area contributed by atoms with E-state index in [0.717, 1.165) is 22.3 Å². The van der Waals surface area contributed by atoms with E-state index in [1.807, 2.05) is 116 Å². The van der Waals surface area contributed by atoms with Gasteiger partial charge in [-0.25, -0.2) is 19.2 Å². The van der Waals surface area contributed by atoms with Crippen molar-refractivity contribution in [1.82, 2.24) is 9.97 Å². The van der Waals surface area contributed by atoms with Crippen molar-refractivity contribution in [2.45, 2.75) is 133 Å². The first-order chi connectivity index (χ1) is 37.3. The zero-order valence-electron chi connectivity index (χ0n) is 48.8. The number of ether oxygens (including phenoxy) is 8. The summed E-state index contributed by atoms with van der Waals surface area (Å²) in [5.74, 6) is -1.74. The van der Waals surface area contributed by atoms with Crippen LogP contribution in [0.4, 0.5) is 0 Å². The number of benzene rings is 2. The van der Waals surface area contributed by atoms with Gasteiger partial charge in [-0.15, -0.1) is 22.8 Å². The number of allylic oxidation sites excluding steroid dienone is 2. The molecule has 0 spiro atoms. The maximum absolute atomic E-state index is 13.2. The number of nitrogens with zero attached hydrogens (tertiary/aromatic N) is 4. The van der Waals surface area contributed by atoms with Gasteiger partial charge in [0.15, 0.2) is 0 Å². The molecule has 0 aliphatic carbocycles. The number of aryl methyl sites for hydroxylation is 2. The van der Waals surface area contributed by atoms with Gasteiger partial charge in [-0.05, 0) is 101 Å². The largest absolute Gasteiger partial charge is 2.00 e. The number of aliphatic imine (C=N–C) groups is 2. The van der Waals surface area contributed by atoms with Gasteiger partial charge in [0.25, 0.3) is 0 Å². The number of carbonyl (C=O) groups excluding carboxylic acids is 4.